The Hall–Kier alpha value is -1.76. The van der Waals surface area contributed by atoms with Gasteiger partial charge < -0.3 is 20.7 Å². The summed E-state index contributed by atoms with van der Waals surface area (Å²) in [5.74, 6) is 0. The highest BCUT2D eigenvalue weighted by Gasteiger charge is 2.24. The highest BCUT2D eigenvalue weighted by molar-refractivity contribution is 7.84. The molecule has 7 heteroatoms. The molecule has 1 atom stereocenters. The van der Waals surface area contributed by atoms with Gasteiger partial charge in [0.15, 0.2) is 0 Å². The lowest BCUT2D eigenvalue weighted by Gasteiger charge is -2.35. The maximum Gasteiger partial charge on any atom is 0.407 e. The van der Waals surface area contributed by atoms with Gasteiger partial charge in [-0.05, 0) is 51.8 Å². The number of nitrogens with two attached hydrogens (primary N) is 1. The fourth-order valence-electron chi connectivity index (χ4n) is 2.74. The smallest absolute Gasteiger partial charge is 0.407 e. The summed E-state index contributed by atoms with van der Waals surface area (Å²) in [6, 6.07) is 5.66. The van der Waals surface area contributed by atoms with Crippen molar-refractivity contribution in [3.63, 3.8) is 0 Å². The second-order valence-corrected chi connectivity index (χ2v) is 8.46. The molecule has 6 nitrogen and oxygen atoms in total. The van der Waals surface area contributed by atoms with Gasteiger partial charge in [0.05, 0.1) is 11.4 Å². The van der Waals surface area contributed by atoms with E-state index in [4.69, 9.17) is 10.5 Å². The van der Waals surface area contributed by atoms with Crippen molar-refractivity contribution < 1.29 is 13.7 Å². The monoisotopic (exact) mass is 353 g/mol. The Balaban J connectivity index is 1.91. The first-order chi connectivity index (χ1) is 11.2. The second kappa shape index (κ2) is 7.42. The van der Waals surface area contributed by atoms with Crippen LogP contribution in [-0.2, 0) is 15.5 Å². The molecule has 2 rings (SSSR count). The van der Waals surface area contributed by atoms with Crippen LogP contribution < -0.4 is 16.0 Å². The lowest BCUT2D eigenvalue weighted by Crippen LogP contribution is -2.46. The van der Waals surface area contributed by atoms with Crippen LogP contribution in [0.2, 0.25) is 0 Å². The summed E-state index contributed by atoms with van der Waals surface area (Å²) in [6.45, 7) is 7.17. The highest BCUT2D eigenvalue weighted by atomic mass is 32.2. The lowest BCUT2D eigenvalue weighted by molar-refractivity contribution is 0.0497. The molecule has 0 saturated carbocycles. The predicted octanol–water partition coefficient (Wildman–Crippen LogP) is 2.50. The average molecular weight is 353 g/mol. The second-order valence-electron chi connectivity index (χ2n) is 7.08. The van der Waals surface area contributed by atoms with Gasteiger partial charge in [-0.15, -0.1) is 0 Å². The molecule has 24 heavy (non-hydrogen) atoms. The summed E-state index contributed by atoms with van der Waals surface area (Å²) < 4.78 is 16.8. The molecule has 0 aromatic heterocycles. The molecule has 0 spiro atoms. The molecule has 1 saturated heterocycles. The normalized spacial score (nSPS) is 17.4. The number of amides is 1. The Bertz CT molecular complexity index is 620. The van der Waals surface area contributed by atoms with Crippen molar-refractivity contribution in [2.45, 2.75) is 50.2 Å². The third-order valence-corrected chi connectivity index (χ3v) is 4.81. The van der Waals surface area contributed by atoms with Gasteiger partial charge >= 0.3 is 6.09 Å². The van der Waals surface area contributed by atoms with Crippen molar-refractivity contribution in [2.24, 2.45) is 0 Å². The minimum atomic E-state index is -1.03. The summed E-state index contributed by atoms with van der Waals surface area (Å²) in [7, 11) is -1.03. The largest absolute Gasteiger partial charge is 0.444 e. The summed E-state index contributed by atoms with van der Waals surface area (Å²) >= 11 is 0. The summed E-state index contributed by atoms with van der Waals surface area (Å²) in [5, 5.41) is 2.93. The molecule has 0 radical (unpaired) electrons. The Kier molecular flexibility index (Phi) is 5.74. The molecule has 1 unspecified atom stereocenters. The third-order valence-electron chi connectivity index (χ3n) is 3.89. The number of ether oxygens (including phenoxy) is 1. The SMILES string of the molecule is CS(=O)c1ccc(N2CCC(NC(=O)OC(C)(C)C)CC2)c(N)c1. The quantitative estimate of drug-likeness (QED) is 0.816. The molecule has 1 amide bonds. The van der Waals surface area contributed by atoms with Gasteiger partial charge in [0.2, 0.25) is 0 Å². The van der Waals surface area contributed by atoms with Crippen molar-refractivity contribution in [2.75, 3.05) is 30.0 Å². The number of carbonyl (C=O) groups excluding carboxylic acids is 1. The van der Waals surface area contributed by atoms with Crippen LogP contribution in [0.15, 0.2) is 23.1 Å². The number of alkyl carbamates (subject to hydrolysis) is 1. The lowest BCUT2D eigenvalue weighted by atomic mass is 10.0. The maximum absolute atomic E-state index is 11.8. The van der Waals surface area contributed by atoms with Crippen LogP contribution in [-0.4, -0.2) is 41.3 Å². The number of hydrogen-bond acceptors (Lipinski definition) is 5. The molecule has 0 bridgehead atoms. The van der Waals surface area contributed by atoms with Gasteiger partial charge in [0.1, 0.15) is 5.60 Å². The Morgan fingerprint density at radius 3 is 2.46 bits per heavy atom. The van der Waals surface area contributed by atoms with E-state index in [9.17, 15) is 9.00 Å². The highest BCUT2D eigenvalue weighted by Crippen LogP contribution is 2.28. The molecule has 1 aliphatic heterocycles. The fraction of sp³-hybridized carbons (Fsp3) is 0.588. The van der Waals surface area contributed by atoms with Crippen molar-refractivity contribution in [3.8, 4) is 0 Å². The molecule has 1 aliphatic rings. The third kappa shape index (κ3) is 5.12. The molecule has 1 aromatic rings. The number of carbonyl (C=O) groups is 1. The minimum Gasteiger partial charge on any atom is -0.444 e. The minimum absolute atomic E-state index is 0.111. The van der Waals surface area contributed by atoms with Gasteiger partial charge in [-0.3, -0.25) is 4.21 Å². The first-order valence-corrected chi connectivity index (χ1v) is 9.69. The van der Waals surface area contributed by atoms with Crippen molar-refractivity contribution in [1.82, 2.24) is 5.32 Å². The van der Waals surface area contributed by atoms with Crippen LogP contribution in [0, 0.1) is 0 Å². The van der Waals surface area contributed by atoms with Crippen LogP contribution in [0.4, 0.5) is 16.2 Å². The molecule has 0 aliphatic carbocycles. The van der Waals surface area contributed by atoms with Gasteiger partial charge in [-0.2, -0.15) is 0 Å². The number of nitrogen functional groups attached to an aromatic ring is 1. The molecular weight excluding hydrogens is 326 g/mol. The number of benzene rings is 1. The van der Waals surface area contributed by atoms with Crippen LogP contribution in [0.5, 0.6) is 0 Å². The summed E-state index contributed by atoms with van der Waals surface area (Å²) in [5.41, 5.74) is 7.22. The van der Waals surface area contributed by atoms with Gasteiger partial charge in [-0.1, -0.05) is 0 Å². The van der Waals surface area contributed by atoms with E-state index in [1.54, 1.807) is 12.3 Å². The van der Waals surface area contributed by atoms with Crippen molar-refractivity contribution >= 4 is 28.3 Å². The van der Waals surface area contributed by atoms with Crippen LogP contribution in [0.25, 0.3) is 0 Å². The summed E-state index contributed by atoms with van der Waals surface area (Å²) in [4.78, 5) is 14.8. The fourth-order valence-corrected chi connectivity index (χ4v) is 3.29. The van der Waals surface area contributed by atoms with Crippen LogP contribution in [0.1, 0.15) is 33.6 Å². The molecule has 1 heterocycles. The Labute approximate surface area is 146 Å². The van der Waals surface area contributed by atoms with Crippen molar-refractivity contribution in [1.29, 1.82) is 0 Å². The molecule has 1 aromatic carbocycles. The zero-order chi connectivity index (χ0) is 17.9. The number of anilines is 2. The van der Waals surface area contributed by atoms with E-state index in [0.717, 1.165) is 36.5 Å². The van der Waals surface area contributed by atoms with Crippen molar-refractivity contribution in [3.05, 3.63) is 18.2 Å². The number of rotatable bonds is 3. The topological polar surface area (TPSA) is 84.7 Å². The number of nitrogens with zero attached hydrogens (tertiary/aromatic N) is 1. The Morgan fingerprint density at radius 1 is 1.33 bits per heavy atom. The number of piperidine rings is 1. The summed E-state index contributed by atoms with van der Waals surface area (Å²) in [6.07, 6.45) is 2.94. The predicted molar refractivity (Wildman–Crippen MR) is 97.8 cm³/mol. The first kappa shape index (κ1) is 18.6. The van der Waals surface area contributed by atoms with Gasteiger partial charge in [0.25, 0.3) is 0 Å². The van der Waals surface area contributed by atoms with E-state index >= 15 is 0 Å². The van der Waals surface area contributed by atoms with E-state index in [1.165, 1.54) is 0 Å². The van der Waals surface area contributed by atoms with E-state index in [1.807, 2.05) is 32.9 Å². The molecule has 134 valence electrons. The maximum atomic E-state index is 11.8. The van der Waals surface area contributed by atoms with Gasteiger partial charge in [0, 0.05) is 41.1 Å². The van der Waals surface area contributed by atoms with Crippen LogP contribution >= 0.6 is 0 Å². The molecule has 1 fully saturated rings. The number of hydrogen-bond donors (Lipinski definition) is 2. The standard InChI is InChI=1S/C17H27N3O3S/c1-17(2,3)23-16(21)19-12-7-9-20(10-8-12)15-6-5-13(24(4)22)11-14(15)18/h5-6,11-12H,7-10,18H2,1-4H3,(H,19,21). The average Bonchev–Trinajstić information content (AvgIpc) is 2.46. The first-order valence-electron chi connectivity index (χ1n) is 8.13. The Morgan fingerprint density at radius 2 is 1.96 bits per heavy atom. The zero-order valence-corrected chi connectivity index (χ0v) is 15.6. The molecular formula is C17H27N3O3S. The van der Waals surface area contributed by atoms with E-state index in [2.05, 4.69) is 10.2 Å². The van der Waals surface area contributed by atoms with E-state index in [-0.39, 0.29) is 12.1 Å². The van der Waals surface area contributed by atoms with E-state index in [0.29, 0.717) is 5.69 Å². The molecule has 3 N–H and O–H groups in total. The van der Waals surface area contributed by atoms with E-state index < -0.39 is 16.4 Å². The van der Waals surface area contributed by atoms with Crippen LogP contribution in [0.3, 0.4) is 0 Å². The van der Waals surface area contributed by atoms with Gasteiger partial charge in [-0.25, -0.2) is 4.79 Å². The zero-order valence-electron chi connectivity index (χ0n) is 14.8. The number of nitrogens with one attached hydrogen (secondary N) is 1.